The summed E-state index contributed by atoms with van der Waals surface area (Å²) in [7, 11) is 3.81. The predicted octanol–water partition coefficient (Wildman–Crippen LogP) is 6.42. The van der Waals surface area contributed by atoms with Crippen molar-refractivity contribution in [3.63, 3.8) is 0 Å². The minimum atomic E-state index is -0.519. The van der Waals surface area contributed by atoms with Gasteiger partial charge in [0, 0.05) is 54.2 Å². The second-order valence-electron chi connectivity index (χ2n) is 11.0. The number of anilines is 2. The molecule has 236 valence electrons. The van der Waals surface area contributed by atoms with Crippen molar-refractivity contribution in [3.8, 4) is 17.2 Å². The van der Waals surface area contributed by atoms with Crippen LogP contribution in [0.5, 0.6) is 11.5 Å². The van der Waals surface area contributed by atoms with Crippen LogP contribution >= 0.6 is 0 Å². The number of amides is 2. The number of furan rings is 1. The van der Waals surface area contributed by atoms with Crippen LogP contribution in [0.1, 0.15) is 38.8 Å². The number of carbonyl (C=O) groups is 2. The molecule has 2 heterocycles. The Morgan fingerprint density at radius 3 is 2.35 bits per heavy atom. The molecule has 0 saturated heterocycles. The summed E-state index contributed by atoms with van der Waals surface area (Å²) in [5.41, 5.74) is 8.99. The van der Waals surface area contributed by atoms with E-state index >= 15 is 0 Å². The Kier molecular flexibility index (Phi) is 9.87. The third-order valence-electron chi connectivity index (χ3n) is 7.29. The van der Waals surface area contributed by atoms with E-state index in [9.17, 15) is 9.59 Å². The van der Waals surface area contributed by atoms with Crippen LogP contribution in [0.15, 0.2) is 101 Å². The number of aryl methyl sites for hydroxylation is 3. The lowest BCUT2D eigenvalue weighted by atomic mass is 10.2. The smallest absolute Gasteiger partial charge is 0.307 e. The van der Waals surface area contributed by atoms with Gasteiger partial charge in [-0.25, -0.2) is 5.43 Å². The van der Waals surface area contributed by atoms with E-state index in [1.165, 1.54) is 6.21 Å². The van der Waals surface area contributed by atoms with E-state index in [0.29, 0.717) is 22.8 Å². The van der Waals surface area contributed by atoms with Gasteiger partial charge < -0.3 is 28.7 Å². The number of aromatic nitrogens is 1. The van der Waals surface area contributed by atoms with Gasteiger partial charge in [-0.05, 0) is 93.1 Å². The Hall–Kier alpha value is -5.77. The fourth-order valence-electron chi connectivity index (χ4n) is 4.79. The Balaban J connectivity index is 1.16. The zero-order chi connectivity index (χ0) is 32.6. The summed E-state index contributed by atoms with van der Waals surface area (Å²) in [5.74, 6) is 0.898. The summed E-state index contributed by atoms with van der Waals surface area (Å²) in [6.07, 6.45) is 1.46. The molecule has 2 N–H and O–H groups in total. The highest BCUT2D eigenvalue weighted by Crippen LogP contribution is 2.25. The molecule has 5 aromatic rings. The van der Waals surface area contributed by atoms with Crippen LogP contribution in [0, 0.1) is 20.8 Å². The first-order chi connectivity index (χ1) is 22.2. The van der Waals surface area contributed by atoms with Crippen LogP contribution in [-0.2, 0) is 11.4 Å². The highest BCUT2D eigenvalue weighted by atomic mass is 16.5. The van der Waals surface area contributed by atoms with E-state index in [4.69, 9.17) is 13.9 Å². The molecular weight excluding hydrogens is 582 g/mol. The topological polar surface area (TPSA) is 110 Å². The number of ether oxygens (including phenoxy) is 2. The van der Waals surface area contributed by atoms with Crippen molar-refractivity contribution in [3.05, 3.63) is 125 Å². The van der Waals surface area contributed by atoms with Crippen molar-refractivity contribution < 1.29 is 23.5 Å². The molecular formula is C36H37N5O5. The van der Waals surface area contributed by atoms with Crippen molar-refractivity contribution in [1.29, 1.82) is 0 Å². The fourth-order valence-corrected chi connectivity index (χ4v) is 4.79. The number of carbonyl (C=O) groups excluding carboxylic acids is 2. The normalized spacial score (nSPS) is 11.0. The number of hydrogen-bond donors (Lipinski definition) is 2. The maximum atomic E-state index is 12.7. The molecule has 0 aliphatic heterocycles. The van der Waals surface area contributed by atoms with Gasteiger partial charge >= 0.3 is 5.91 Å². The van der Waals surface area contributed by atoms with E-state index < -0.39 is 5.91 Å². The molecule has 10 nitrogen and oxygen atoms in total. The van der Waals surface area contributed by atoms with E-state index in [-0.39, 0.29) is 24.9 Å². The van der Waals surface area contributed by atoms with Gasteiger partial charge in [0.2, 0.25) is 0 Å². The van der Waals surface area contributed by atoms with Gasteiger partial charge in [0.25, 0.3) is 5.91 Å². The first-order valence-electron chi connectivity index (χ1n) is 14.8. The lowest BCUT2D eigenvalue weighted by Gasteiger charge is -2.16. The van der Waals surface area contributed by atoms with Crippen LogP contribution < -0.4 is 25.1 Å². The number of nitrogens with one attached hydrogen (secondary N) is 2. The Bertz CT molecular complexity index is 1830. The summed E-state index contributed by atoms with van der Waals surface area (Å²) >= 11 is 0. The molecule has 0 aliphatic rings. The van der Waals surface area contributed by atoms with E-state index in [1.54, 1.807) is 24.3 Å². The highest BCUT2D eigenvalue weighted by molar-refractivity contribution is 5.94. The number of hydrazone groups is 1. The SMILES string of the molecule is Cc1ccccc1NC(=O)COc1cc(N(C)C)ccc1/C=N/NC(=O)c1ccc(COc2ccc(-n3c(C)ccc3C)cc2)o1. The lowest BCUT2D eigenvalue weighted by Crippen LogP contribution is -2.21. The van der Waals surface area contributed by atoms with Crippen molar-refractivity contribution in [2.75, 3.05) is 30.9 Å². The van der Waals surface area contributed by atoms with Gasteiger partial charge in [-0.2, -0.15) is 5.10 Å². The molecule has 46 heavy (non-hydrogen) atoms. The van der Waals surface area contributed by atoms with Gasteiger partial charge in [0.1, 0.15) is 23.9 Å². The van der Waals surface area contributed by atoms with Gasteiger partial charge in [-0.15, -0.1) is 0 Å². The second-order valence-corrected chi connectivity index (χ2v) is 11.0. The fraction of sp³-hybridized carbons (Fsp3) is 0.194. The standard InChI is InChI=1S/C36H37N5O5/c1-24-8-6-7-9-32(24)38-35(42)23-45-34-20-29(40(4)5)13-12-27(34)21-37-39-36(43)33-19-18-31(46-33)22-44-30-16-14-28(15-17-30)41-25(2)10-11-26(41)3/h6-21H,22-23H2,1-5H3,(H,38,42)(H,39,43)/b37-21+. The summed E-state index contributed by atoms with van der Waals surface area (Å²) in [6.45, 7) is 6.01. The molecule has 0 spiro atoms. The zero-order valence-corrected chi connectivity index (χ0v) is 26.5. The number of nitrogens with zero attached hydrogens (tertiary/aromatic N) is 3. The maximum Gasteiger partial charge on any atom is 0.307 e. The number of para-hydroxylation sites is 1. The molecule has 2 amide bonds. The molecule has 0 aliphatic carbocycles. The molecule has 0 fully saturated rings. The van der Waals surface area contributed by atoms with Crippen LogP contribution in [0.25, 0.3) is 5.69 Å². The Morgan fingerprint density at radius 1 is 0.891 bits per heavy atom. The molecule has 0 bridgehead atoms. The van der Waals surface area contributed by atoms with Gasteiger partial charge in [0.05, 0.1) is 6.21 Å². The Morgan fingerprint density at radius 2 is 1.63 bits per heavy atom. The second kappa shape index (κ2) is 14.3. The quantitative estimate of drug-likeness (QED) is 0.123. The molecule has 5 rings (SSSR count). The molecule has 3 aromatic carbocycles. The van der Waals surface area contributed by atoms with Crippen LogP contribution in [-0.4, -0.2) is 43.3 Å². The van der Waals surface area contributed by atoms with E-state index in [0.717, 1.165) is 34.0 Å². The molecule has 2 aromatic heterocycles. The molecule has 10 heteroatoms. The summed E-state index contributed by atoms with van der Waals surface area (Å²) in [6, 6.07) is 28.2. The largest absolute Gasteiger partial charge is 0.486 e. The average Bonchev–Trinajstić information content (AvgIpc) is 3.66. The molecule has 0 saturated carbocycles. The molecule has 0 atom stereocenters. The van der Waals surface area contributed by atoms with Crippen LogP contribution in [0.3, 0.4) is 0 Å². The Labute approximate surface area is 268 Å². The molecule has 0 unspecified atom stereocenters. The van der Waals surface area contributed by atoms with Crippen LogP contribution in [0.2, 0.25) is 0 Å². The van der Waals surface area contributed by atoms with Crippen molar-refractivity contribution >= 4 is 29.4 Å². The van der Waals surface area contributed by atoms with Crippen molar-refractivity contribution in [1.82, 2.24) is 9.99 Å². The first-order valence-corrected chi connectivity index (χ1v) is 14.8. The zero-order valence-electron chi connectivity index (χ0n) is 26.5. The third-order valence-corrected chi connectivity index (χ3v) is 7.29. The van der Waals surface area contributed by atoms with Gasteiger partial charge in [-0.1, -0.05) is 18.2 Å². The number of benzene rings is 3. The molecule has 0 radical (unpaired) electrons. The van der Waals surface area contributed by atoms with E-state index in [1.807, 2.05) is 80.5 Å². The highest BCUT2D eigenvalue weighted by Gasteiger charge is 2.13. The average molecular weight is 620 g/mol. The first kappa shape index (κ1) is 31.6. The monoisotopic (exact) mass is 619 g/mol. The van der Waals surface area contributed by atoms with Gasteiger partial charge in [0.15, 0.2) is 12.4 Å². The number of rotatable bonds is 12. The summed E-state index contributed by atoms with van der Waals surface area (Å²) in [4.78, 5) is 27.2. The summed E-state index contributed by atoms with van der Waals surface area (Å²) in [5, 5.41) is 6.95. The third kappa shape index (κ3) is 7.84. The lowest BCUT2D eigenvalue weighted by molar-refractivity contribution is -0.118. The van der Waals surface area contributed by atoms with Crippen molar-refractivity contribution in [2.45, 2.75) is 27.4 Å². The summed E-state index contributed by atoms with van der Waals surface area (Å²) < 4.78 is 19.6. The minimum absolute atomic E-state index is 0.0944. The number of hydrogen-bond acceptors (Lipinski definition) is 7. The minimum Gasteiger partial charge on any atom is -0.486 e. The van der Waals surface area contributed by atoms with E-state index in [2.05, 4.69) is 46.4 Å². The van der Waals surface area contributed by atoms with Crippen molar-refractivity contribution in [2.24, 2.45) is 5.10 Å². The predicted molar refractivity (Wildman–Crippen MR) is 179 cm³/mol. The van der Waals surface area contributed by atoms with Crippen LogP contribution in [0.4, 0.5) is 11.4 Å². The van der Waals surface area contributed by atoms with Gasteiger partial charge in [-0.3, -0.25) is 9.59 Å². The maximum absolute atomic E-state index is 12.7.